The summed E-state index contributed by atoms with van der Waals surface area (Å²) in [5, 5.41) is 8.98. The van der Waals surface area contributed by atoms with Crippen LogP contribution in [0.5, 0.6) is 0 Å². The van der Waals surface area contributed by atoms with Crippen LogP contribution in [0.3, 0.4) is 0 Å². The van der Waals surface area contributed by atoms with Gasteiger partial charge in [0.1, 0.15) is 0 Å². The molecule has 1 rings (SSSR count). The maximum Gasteiger partial charge on any atom is 0.0621 e. The van der Waals surface area contributed by atoms with E-state index in [-0.39, 0.29) is 6.10 Å². The van der Waals surface area contributed by atoms with Crippen LogP contribution >= 0.6 is 0 Å². The second kappa shape index (κ2) is 4.64. The van der Waals surface area contributed by atoms with Crippen LogP contribution in [0.4, 0.5) is 0 Å². The number of pyridine rings is 1. The summed E-state index contributed by atoms with van der Waals surface area (Å²) in [6.07, 6.45) is 1.90. The fourth-order valence-electron chi connectivity index (χ4n) is 0.910. The summed E-state index contributed by atoms with van der Waals surface area (Å²) in [4.78, 5) is 4.11. The number of aliphatic hydroxyl groups excluding tert-OH is 1. The van der Waals surface area contributed by atoms with Gasteiger partial charge in [0, 0.05) is 18.2 Å². The van der Waals surface area contributed by atoms with E-state index < -0.39 is 0 Å². The number of hydrogen-bond donors (Lipinski definition) is 1. The Balaban J connectivity index is 2.72. The zero-order valence-corrected chi connectivity index (χ0v) is 7.91. The van der Waals surface area contributed by atoms with Gasteiger partial charge in [0.2, 0.25) is 0 Å². The van der Waals surface area contributed by atoms with Crippen molar-refractivity contribution in [1.82, 2.24) is 4.98 Å². The van der Waals surface area contributed by atoms with E-state index in [0.717, 1.165) is 11.3 Å². The number of nitrogens with zero attached hydrogens (tertiary/aromatic N) is 1. The van der Waals surface area contributed by atoms with Crippen molar-refractivity contribution < 1.29 is 5.11 Å². The van der Waals surface area contributed by atoms with E-state index in [4.69, 9.17) is 5.11 Å². The van der Waals surface area contributed by atoms with E-state index in [1.807, 2.05) is 19.1 Å². The van der Waals surface area contributed by atoms with Crippen molar-refractivity contribution >= 4 is 0 Å². The molecule has 0 fully saturated rings. The largest absolute Gasteiger partial charge is 0.392 e. The molecule has 1 unspecified atom stereocenters. The summed E-state index contributed by atoms with van der Waals surface area (Å²) in [7, 11) is 0. The lowest BCUT2D eigenvalue weighted by molar-refractivity contribution is 0.201. The molecule has 1 aromatic rings. The minimum absolute atomic E-state index is 0.357. The molecule has 1 heterocycles. The van der Waals surface area contributed by atoms with Gasteiger partial charge >= 0.3 is 0 Å². The Kier molecular flexibility index (Phi) is 3.48. The Morgan fingerprint density at radius 1 is 1.62 bits per heavy atom. The second-order valence-corrected chi connectivity index (χ2v) is 2.99. The van der Waals surface area contributed by atoms with Crippen molar-refractivity contribution in [2.45, 2.75) is 26.4 Å². The fourth-order valence-corrected chi connectivity index (χ4v) is 0.910. The third-order valence-corrected chi connectivity index (χ3v) is 1.63. The molecule has 0 bridgehead atoms. The smallest absolute Gasteiger partial charge is 0.0621 e. The van der Waals surface area contributed by atoms with E-state index in [9.17, 15) is 0 Å². The molecule has 2 heteroatoms. The first-order valence-electron chi connectivity index (χ1n) is 4.28. The zero-order valence-electron chi connectivity index (χ0n) is 7.91. The van der Waals surface area contributed by atoms with Crippen LogP contribution in [0.2, 0.25) is 0 Å². The third kappa shape index (κ3) is 3.27. The predicted octanol–water partition coefficient (Wildman–Crippen LogP) is 1.51. The van der Waals surface area contributed by atoms with Crippen molar-refractivity contribution in [2.75, 3.05) is 0 Å². The van der Waals surface area contributed by atoms with Crippen LogP contribution in [0.25, 0.3) is 0 Å². The highest BCUT2D eigenvalue weighted by atomic mass is 16.3. The van der Waals surface area contributed by atoms with E-state index in [0.29, 0.717) is 6.42 Å². The Hall–Kier alpha value is -1.33. The molecule has 13 heavy (non-hydrogen) atoms. The highest BCUT2D eigenvalue weighted by Crippen LogP contribution is 2.00. The Bertz CT molecular complexity index is 333. The first-order valence-corrected chi connectivity index (χ1v) is 4.28. The molecular formula is C11H13NO. The molecule has 0 amide bonds. The average molecular weight is 175 g/mol. The van der Waals surface area contributed by atoms with E-state index >= 15 is 0 Å². The monoisotopic (exact) mass is 175 g/mol. The summed E-state index contributed by atoms with van der Waals surface area (Å²) >= 11 is 0. The standard InChI is InChI=1S/C11H13NO/c1-9(13)5-3-6-11-7-4-8-12-10(11)2/h4,7-9,13H,5H2,1-2H3. The normalized spacial score (nSPS) is 11.6. The van der Waals surface area contributed by atoms with Gasteiger partial charge in [0.25, 0.3) is 0 Å². The zero-order chi connectivity index (χ0) is 9.68. The number of aryl methyl sites for hydroxylation is 1. The Morgan fingerprint density at radius 3 is 3.00 bits per heavy atom. The molecule has 1 N–H and O–H groups in total. The van der Waals surface area contributed by atoms with Gasteiger partial charge in [0.15, 0.2) is 0 Å². The SMILES string of the molecule is Cc1ncccc1C#CCC(C)O. The molecule has 0 spiro atoms. The molecule has 0 aliphatic heterocycles. The van der Waals surface area contributed by atoms with Gasteiger partial charge in [-0.1, -0.05) is 11.8 Å². The van der Waals surface area contributed by atoms with Gasteiger partial charge in [-0.05, 0) is 26.0 Å². The summed E-state index contributed by atoms with van der Waals surface area (Å²) in [6.45, 7) is 3.65. The van der Waals surface area contributed by atoms with Crippen molar-refractivity contribution in [2.24, 2.45) is 0 Å². The summed E-state index contributed by atoms with van der Waals surface area (Å²) in [6, 6.07) is 3.79. The maximum atomic E-state index is 8.98. The molecule has 68 valence electrons. The van der Waals surface area contributed by atoms with Crippen LogP contribution in [0, 0.1) is 18.8 Å². The second-order valence-electron chi connectivity index (χ2n) is 2.99. The lowest BCUT2D eigenvalue weighted by Gasteiger charge is -1.95. The maximum absolute atomic E-state index is 8.98. The van der Waals surface area contributed by atoms with Crippen molar-refractivity contribution in [3.63, 3.8) is 0 Å². The van der Waals surface area contributed by atoms with Crippen molar-refractivity contribution in [1.29, 1.82) is 0 Å². The van der Waals surface area contributed by atoms with Gasteiger partial charge < -0.3 is 5.11 Å². The molecule has 2 nitrogen and oxygen atoms in total. The molecule has 0 aliphatic rings. The molecule has 0 aromatic carbocycles. The van der Waals surface area contributed by atoms with Crippen LogP contribution in [-0.2, 0) is 0 Å². The summed E-state index contributed by atoms with van der Waals surface area (Å²) in [5.74, 6) is 5.87. The van der Waals surface area contributed by atoms with Crippen molar-refractivity contribution in [3.8, 4) is 11.8 Å². The fraction of sp³-hybridized carbons (Fsp3) is 0.364. The van der Waals surface area contributed by atoms with Gasteiger partial charge in [-0.2, -0.15) is 0 Å². The summed E-state index contributed by atoms with van der Waals surface area (Å²) < 4.78 is 0. The molecule has 0 aliphatic carbocycles. The van der Waals surface area contributed by atoms with Crippen LogP contribution in [0.1, 0.15) is 24.6 Å². The minimum atomic E-state index is -0.357. The number of aromatic nitrogens is 1. The van der Waals surface area contributed by atoms with Gasteiger partial charge in [-0.3, -0.25) is 4.98 Å². The van der Waals surface area contributed by atoms with Gasteiger partial charge in [0.05, 0.1) is 11.8 Å². The van der Waals surface area contributed by atoms with E-state index in [1.165, 1.54) is 0 Å². The van der Waals surface area contributed by atoms with E-state index in [2.05, 4.69) is 16.8 Å². The van der Waals surface area contributed by atoms with Gasteiger partial charge in [-0.15, -0.1) is 0 Å². The third-order valence-electron chi connectivity index (χ3n) is 1.63. The number of rotatable bonds is 1. The lowest BCUT2D eigenvalue weighted by Crippen LogP contribution is -1.96. The van der Waals surface area contributed by atoms with Crippen LogP contribution in [0.15, 0.2) is 18.3 Å². The van der Waals surface area contributed by atoms with Crippen LogP contribution < -0.4 is 0 Å². The lowest BCUT2D eigenvalue weighted by atomic mass is 10.2. The highest BCUT2D eigenvalue weighted by Gasteiger charge is 1.92. The van der Waals surface area contributed by atoms with Crippen molar-refractivity contribution in [3.05, 3.63) is 29.6 Å². The first-order chi connectivity index (χ1) is 6.20. The topological polar surface area (TPSA) is 33.1 Å². The van der Waals surface area contributed by atoms with Crippen LogP contribution in [-0.4, -0.2) is 16.2 Å². The quantitative estimate of drug-likeness (QED) is 0.656. The molecule has 0 radical (unpaired) electrons. The van der Waals surface area contributed by atoms with Gasteiger partial charge in [-0.25, -0.2) is 0 Å². The minimum Gasteiger partial charge on any atom is -0.392 e. The Labute approximate surface area is 78.6 Å². The highest BCUT2D eigenvalue weighted by molar-refractivity contribution is 5.36. The summed E-state index contributed by atoms with van der Waals surface area (Å²) in [5.41, 5.74) is 1.86. The number of hydrogen-bond acceptors (Lipinski definition) is 2. The average Bonchev–Trinajstić information content (AvgIpc) is 2.08. The molecule has 1 atom stereocenters. The molecule has 1 aromatic heterocycles. The molecule has 0 saturated heterocycles. The molecular weight excluding hydrogens is 162 g/mol. The predicted molar refractivity (Wildman–Crippen MR) is 52.1 cm³/mol. The first kappa shape index (κ1) is 9.76. The Morgan fingerprint density at radius 2 is 2.38 bits per heavy atom. The van der Waals surface area contributed by atoms with E-state index in [1.54, 1.807) is 13.1 Å². The number of aliphatic hydroxyl groups is 1. The molecule has 0 saturated carbocycles.